The first-order valence-corrected chi connectivity index (χ1v) is 9.26. The molecule has 1 fully saturated rings. The first-order chi connectivity index (χ1) is 9.36. The zero-order valence-corrected chi connectivity index (χ0v) is 14.3. The number of nitrogens with zero attached hydrogens (tertiary/aromatic N) is 1. The number of halogens is 1. The summed E-state index contributed by atoms with van der Waals surface area (Å²) in [6.45, 7) is 4.86. The molecule has 1 aliphatic heterocycles. The number of hydrogen-bond donors (Lipinski definition) is 0. The van der Waals surface area contributed by atoms with Crippen molar-refractivity contribution in [3.63, 3.8) is 0 Å². The lowest BCUT2D eigenvalue weighted by Crippen LogP contribution is -2.35. The van der Waals surface area contributed by atoms with Crippen LogP contribution >= 0.6 is 15.9 Å². The molecule has 0 atom stereocenters. The topological polar surface area (TPSA) is 12.5 Å². The van der Waals surface area contributed by atoms with Gasteiger partial charge in [-0.2, -0.15) is 0 Å². The Morgan fingerprint density at radius 3 is 2.11 bits per heavy atom. The van der Waals surface area contributed by atoms with E-state index in [9.17, 15) is 0 Å². The molecule has 0 aromatic carbocycles. The molecule has 0 aromatic rings. The zero-order valence-electron chi connectivity index (χ0n) is 12.7. The summed E-state index contributed by atoms with van der Waals surface area (Å²) in [6, 6.07) is 0. The fraction of sp³-hybridized carbons (Fsp3) is 1.00. The Labute approximate surface area is 128 Å². The fourth-order valence-corrected chi connectivity index (χ4v) is 3.32. The van der Waals surface area contributed by atoms with E-state index in [0.29, 0.717) is 0 Å². The summed E-state index contributed by atoms with van der Waals surface area (Å²) in [5.41, 5.74) is 0. The number of alkyl halides is 1. The normalized spacial score (nSPS) is 18.0. The number of likely N-dealkylation sites (tertiary alicyclic amines) is 1. The van der Waals surface area contributed by atoms with Crippen LogP contribution in [0.3, 0.4) is 0 Å². The quantitative estimate of drug-likeness (QED) is 0.408. The van der Waals surface area contributed by atoms with Gasteiger partial charge in [-0.05, 0) is 51.2 Å². The Kier molecular flexibility index (Phi) is 11.2. The molecule has 3 heteroatoms. The molecule has 2 nitrogen and oxygen atoms in total. The van der Waals surface area contributed by atoms with E-state index in [4.69, 9.17) is 4.74 Å². The van der Waals surface area contributed by atoms with E-state index in [2.05, 4.69) is 20.8 Å². The first kappa shape index (κ1) is 17.5. The van der Waals surface area contributed by atoms with E-state index in [1.165, 1.54) is 82.8 Å². The minimum Gasteiger partial charge on any atom is -0.384 e. The summed E-state index contributed by atoms with van der Waals surface area (Å²) in [7, 11) is 1.82. The van der Waals surface area contributed by atoms with Crippen molar-refractivity contribution in [1.29, 1.82) is 0 Å². The van der Waals surface area contributed by atoms with Crippen molar-refractivity contribution >= 4 is 15.9 Å². The standard InChI is InChI=1S/C16H32BrNO/c1-19-15-16-9-13-18(14-10-16)12-8-6-4-2-3-5-7-11-17/h16H,2-15H2,1H3. The third-order valence-electron chi connectivity index (χ3n) is 4.22. The minimum absolute atomic E-state index is 0.815. The monoisotopic (exact) mass is 333 g/mol. The molecule has 114 valence electrons. The van der Waals surface area contributed by atoms with Crippen LogP contribution in [0.15, 0.2) is 0 Å². The molecule has 1 heterocycles. The summed E-state index contributed by atoms with van der Waals surface area (Å²) in [6.07, 6.45) is 12.5. The number of piperidine rings is 1. The molecule has 1 saturated heterocycles. The van der Waals surface area contributed by atoms with E-state index in [1.807, 2.05) is 7.11 Å². The van der Waals surface area contributed by atoms with Gasteiger partial charge in [-0.1, -0.05) is 48.0 Å². The number of methoxy groups -OCH3 is 1. The van der Waals surface area contributed by atoms with Gasteiger partial charge in [-0.15, -0.1) is 0 Å². The second kappa shape index (κ2) is 12.2. The largest absolute Gasteiger partial charge is 0.384 e. The van der Waals surface area contributed by atoms with Gasteiger partial charge >= 0.3 is 0 Å². The van der Waals surface area contributed by atoms with Crippen LogP contribution in [0.5, 0.6) is 0 Å². The highest BCUT2D eigenvalue weighted by Gasteiger charge is 2.18. The van der Waals surface area contributed by atoms with Crippen LogP contribution < -0.4 is 0 Å². The molecule has 0 bridgehead atoms. The molecular formula is C16H32BrNO. The summed E-state index contributed by atoms with van der Waals surface area (Å²) >= 11 is 3.49. The van der Waals surface area contributed by atoms with E-state index in [1.54, 1.807) is 0 Å². The molecule has 0 N–H and O–H groups in total. The number of ether oxygens (including phenoxy) is 1. The third-order valence-corrected chi connectivity index (χ3v) is 4.78. The van der Waals surface area contributed by atoms with E-state index in [0.717, 1.165) is 12.5 Å². The summed E-state index contributed by atoms with van der Waals surface area (Å²) < 4.78 is 5.25. The Bertz CT molecular complexity index is 193. The smallest absolute Gasteiger partial charge is 0.0491 e. The molecule has 1 rings (SSSR count). The van der Waals surface area contributed by atoms with Gasteiger partial charge in [0.2, 0.25) is 0 Å². The first-order valence-electron chi connectivity index (χ1n) is 8.14. The minimum atomic E-state index is 0.815. The van der Waals surface area contributed by atoms with E-state index >= 15 is 0 Å². The van der Waals surface area contributed by atoms with Crippen molar-refractivity contribution in [3.05, 3.63) is 0 Å². The predicted molar refractivity (Wildman–Crippen MR) is 87.2 cm³/mol. The van der Waals surface area contributed by atoms with Crippen LogP contribution in [-0.2, 0) is 4.74 Å². The maximum atomic E-state index is 5.25. The molecule has 0 saturated carbocycles. The van der Waals surface area contributed by atoms with Crippen LogP contribution in [-0.4, -0.2) is 43.6 Å². The predicted octanol–water partition coefficient (Wildman–Crippen LogP) is 4.47. The Balaban J connectivity index is 1.85. The maximum Gasteiger partial charge on any atom is 0.0491 e. The lowest BCUT2D eigenvalue weighted by molar-refractivity contribution is 0.0988. The second-order valence-electron chi connectivity index (χ2n) is 5.90. The Morgan fingerprint density at radius 1 is 0.947 bits per heavy atom. The van der Waals surface area contributed by atoms with Gasteiger partial charge in [0.1, 0.15) is 0 Å². The molecule has 0 radical (unpaired) electrons. The summed E-state index contributed by atoms with van der Waals surface area (Å²) in [4.78, 5) is 2.65. The molecule has 0 aromatic heterocycles. The molecular weight excluding hydrogens is 302 g/mol. The highest BCUT2D eigenvalue weighted by atomic mass is 79.9. The average molecular weight is 334 g/mol. The van der Waals surface area contributed by atoms with Crippen LogP contribution in [0.25, 0.3) is 0 Å². The van der Waals surface area contributed by atoms with Gasteiger partial charge in [-0.25, -0.2) is 0 Å². The van der Waals surface area contributed by atoms with Gasteiger partial charge in [-0.3, -0.25) is 0 Å². The molecule has 0 spiro atoms. The Morgan fingerprint density at radius 2 is 1.53 bits per heavy atom. The third kappa shape index (κ3) is 9.04. The highest BCUT2D eigenvalue weighted by Crippen LogP contribution is 2.18. The van der Waals surface area contributed by atoms with Gasteiger partial charge in [0.25, 0.3) is 0 Å². The van der Waals surface area contributed by atoms with Crippen molar-refractivity contribution in [3.8, 4) is 0 Å². The summed E-state index contributed by atoms with van der Waals surface area (Å²) in [5.74, 6) is 0.815. The Hall–Kier alpha value is 0.400. The SMILES string of the molecule is COCC1CCN(CCCCCCCCCBr)CC1. The van der Waals surface area contributed by atoms with Crippen LogP contribution in [0, 0.1) is 5.92 Å². The number of hydrogen-bond acceptors (Lipinski definition) is 2. The second-order valence-corrected chi connectivity index (χ2v) is 6.70. The lowest BCUT2D eigenvalue weighted by atomic mass is 9.97. The van der Waals surface area contributed by atoms with Crippen molar-refractivity contribution in [2.75, 3.05) is 38.7 Å². The van der Waals surface area contributed by atoms with Gasteiger partial charge < -0.3 is 9.64 Å². The van der Waals surface area contributed by atoms with Crippen molar-refractivity contribution in [2.45, 2.75) is 57.8 Å². The average Bonchev–Trinajstić information content (AvgIpc) is 2.44. The molecule has 0 amide bonds. The highest BCUT2D eigenvalue weighted by molar-refractivity contribution is 9.09. The van der Waals surface area contributed by atoms with Crippen LogP contribution in [0.2, 0.25) is 0 Å². The van der Waals surface area contributed by atoms with Gasteiger partial charge in [0, 0.05) is 19.0 Å². The molecule has 0 aliphatic carbocycles. The number of rotatable bonds is 11. The summed E-state index contributed by atoms with van der Waals surface area (Å²) in [5, 5.41) is 1.17. The van der Waals surface area contributed by atoms with Crippen molar-refractivity contribution in [1.82, 2.24) is 4.90 Å². The fourth-order valence-electron chi connectivity index (χ4n) is 2.93. The van der Waals surface area contributed by atoms with Gasteiger partial charge in [0.15, 0.2) is 0 Å². The van der Waals surface area contributed by atoms with E-state index in [-0.39, 0.29) is 0 Å². The molecule has 0 unspecified atom stereocenters. The zero-order chi connectivity index (χ0) is 13.8. The molecule has 1 aliphatic rings. The van der Waals surface area contributed by atoms with E-state index < -0.39 is 0 Å². The molecule has 19 heavy (non-hydrogen) atoms. The number of unbranched alkanes of at least 4 members (excludes halogenated alkanes) is 6. The van der Waals surface area contributed by atoms with Crippen molar-refractivity contribution < 1.29 is 4.74 Å². The van der Waals surface area contributed by atoms with Crippen LogP contribution in [0.1, 0.15) is 57.8 Å². The van der Waals surface area contributed by atoms with Crippen LogP contribution in [0.4, 0.5) is 0 Å². The van der Waals surface area contributed by atoms with Crippen molar-refractivity contribution in [2.24, 2.45) is 5.92 Å². The maximum absolute atomic E-state index is 5.25. The van der Waals surface area contributed by atoms with Gasteiger partial charge in [0.05, 0.1) is 0 Å². The lowest BCUT2D eigenvalue weighted by Gasteiger charge is -2.31.